The fraction of sp³-hybridized carbons (Fsp3) is 0. The molecule has 5 nitrogen and oxygen atoms in total. The molecule has 0 radical (unpaired) electrons. The molecule has 11 aromatic rings. The van der Waals surface area contributed by atoms with Gasteiger partial charge in [-0.2, -0.15) is 10.5 Å². The first-order valence-electron chi connectivity index (χ1n) is 16.4. The van der Waals surface area contributed by atoms with Crippen LogP contribution >= 0.6 is 11.3 Å². The first-order valence-corrected chi connectivity index (χ1v) is 17.2. The third-order valence-electron chi connectivity index (χ3n) is 10.2. The molecule has 0 saturated heterocycles. The Hall–Kier alpha value is -6.86. The van der Waals surface area contributed by atoms with Gasteiger partial charge < -0.3 is 13.6 Å². The average molecular weight is 655 g/mol. The van der Waals surface area contributed by atoms with Crippen LogP contribution in [0.4, 0.5) is 0 Å². The number of benzene rings is 7. The third-order valence-corrected chi connectivity index (χ3v) is 11.3. The van der Waals surface area contributed by atoms with E-state index in [9.17, 15) is 10.5 Å². The molecule has 4 heterocycles. The Labute approximate surface area is 288 Å². The molecule has 0 N–H and O–H groups in total. The lowest BCUT2D eigenvalue weighted by molar-refractivity contribution is 0.671. The minimum atomic E-state index is 0.593. The fourth-order valence-corrected chi connectivity index (χ4v) is 9.04. The van der Waals surface area contributed by atoms with Crippen LogP contribution in [0.25, 0.3) is 97.1 Å². The van der Waals surface area contributed by atoms with Gasteiger partial charge in [0.15, 0.2) is 5.58 Å². The standard InChI is InChI=1S/C44H22N4OS/c45-23-25-9-15-38-33(19-25)34-20-26(24-46)10-16-39(34)47(38)27-11-17-41-35(21-27)36-22-28(12-18-42(36)50-41)48-37-7-3-1-5-29(37)31-13-14-32-30-6-2-4-8-40(30)49-44(32)43(31)48/h1-22H. The van der Waals surface area contributed by atoms with Gasteiger partial charge in [-0.05, 0) is 91.0 Å². The van der Waals surface area contributed by atoms with E-state index in [0.717, 1.165) is 71.5 Å². The predicted octanol–water partition coefficient (Wildman–Crippen LogP) is 11.9. The molecule has 11 rings (SSSR count). The topological polar surface area (TPSA) is 70.6 Å². The Kier molecular flexibility index (Phi) is 5.34. The first kappa shape index (κ1) is 27.1. The quantitative estimate of drug-likeness (QED) is 0.186. The van der Waals surface area contributed by atoms with E-state index in [1.807, 2.05) is 48.5 Å². The molecule has 4 aromatic heterocycles. The van der Waals surface area contributed by atoms with Crippen molar-refractivity contribution >= 4 is 97.1 Å². The zero-order valence-electron chi connectivity index (χ0n) is 26.3. The predicted molar refractivity (Wildman–Crippen MR) is 205 cm³/mol. The van der Waals surface area contributed by atoms with Gasteiger partial charge in [0.1, 0.15) is 5.58 Å². The largest absolute Gasteiger partial charge is 0.454 e. The van der Waals surface area contributed by atoms with E-state index in [4.69, 9.17) is 4.42 Å². The second kappa shape index (κ2) is 9.84. The number of aromatic nitrogens is 2. The summed E-state index contributed by atoms with van der Waals surface area (Å²) in [6.07, 6.45) is 0. The SMILES string of the molecule is N#Cc1ccc2c(c1)c1cc(C#N)ccc1n2-c1ccc2sc3ccc(-n4c5ccccc5c5ccc6c7ccccc7oc6c54)cc3c2c1. The van der Waals surface area contributed by atoms with Crippen molar-refractivity contribution in [1.29, 1.82) is 10.5 Å². The Morgan fingerprint density at radius 2 is 1.04 bits per heavy atom. The van der Waals surface area contributed by atoms with Crippen LogP contribution in [-0.4, -0.2) is 9.13 Å². The molecule has 230 valence electrons. The summed E-state index contributed by atoms with van der Waals surface area (Å²) in [5.74, 6) is 0. The number of hydrogen-bond acceptors (Lipinski definition) is 4. The Morgan fingerprint density at radius 3 is 1.72 bits per heavy atom. The minimum absolute atomic E-state index is 0.593. The lowest BCUT2D eigenvalue weighted by Crippen LogP contribution is -1.94. The molecule has 0 saturated carbocycles. The van der Waals surface area contributed by atoms with E-state index in [-0.39, 0.29) is 0 Å². The zero-order chi connectivity index (χ0) is 33.1. The summed E-state index contributed by atoms with van der Waals surface area (Å²) in [6.45, 7) is 0. The normalized spacial score (nSPS) is 12.0. The smallest absolute Gasteiger partial charge is 0.160 e. The van der Waals surface area contributed by atoms with Crippen molar-refractivity contribution in [3.8, 4) is 23.5 Å². The monoisotopic (exact) mass is 654 g/mol. The maximum Gasteiger partial charge on any atom is 0.160 e. The van der Waals surface area contributed by atoms with Gasteiger partial charge in [0.25, 0.3) is 0 Å². The van der Waals surface area contributed by atoms with Crippen LogP contribution in [0.2, 0.25) is 0 Å². The van der Waals surface area contributed by atoms with Gasteiger partial charge in [-0.15, -0.1) is 11.3 Å². The summed E-state index contributed by atoms with van der Waals surface area (Å²) >= 11 is 1.79. The van der Waals surface area contributed by atoms with Crippen LogP contribution in [0.3, 0.4) is 0 Å². The van der Waals surface area contributed by atoms with E-state index in [2.05, 4.69) is 106 Å². The number of nitrogens with zero attached hydrogens (tertiary/aromatic N) is 4. The molecule has 0 bridgehead atoms. The molecule has 0 amide bonds. The van der Waals surface area contributed by atoms with Crippen molar-refractivity contribution in [2.75, 3.05) is 0 Å². The molecule has 6 heteroatoms. The van der Waals surface area contributed by atoms with Gasteiger partial charge in [-0.1, -0.05) is 42.5 Å². The molecule has 0 atom stereocenters. The summed E-state index contributed by atoms with van der Waals surface area (Å²) in [5, 5.41) is 28.2. The molecule has 50 heavy (non-hydrogen) atoms. The van der Waals surface area contributed by atoms with Crippen LogP contribution in [0.5, 0.6) is 0 Å². The summed E-state index contributed by atoms with van der Waals surface area (Å²) in [4.78, 5) is 0. The van der Waals surface area contributed by atoms with Gasteiger partial charge in [0.05, 0.1) is 45.3 Å². The van der Waals surface area contributed by atoms with Gasteiger partial charge in [0.2, 0.25) is 0 Å². The molecule has 0 aliphatic heterocycles. The number of nitriles is 2. The van der Waals surface area contributed by atoms with E-state index in [1.54, 1.807) is 11.3 Å². The molecular formula is C44H22N4OS. The highest BCUT2D eigenvalue weighted by atomic mass is 32.1. The fourth-order valence-electron chi connectivity index (χ4n) is 7.97. The lowest BCUT2D eigenvalue weighted by Gasteiger charge is -2.10. The lowest BCUT2D eigenvalue weighted by atomic mass is 10.1. The molecule has 0 aliphatic carbocycles. The number of rotatable bonds is 2. The van der Waals surface area contributed by atoms with Crippen LogP contribution in [0.1, 0.15) is 11.1 Å². The number of para-hydroxylation sites is 2. The number of furan rings is 1. The average Bonchev–Trinajstić information content (AvgIpc) is 3.91. The molecule has 0 unspecified atom stereocenters. The molecule has 0 spiro atoms. The van der Waals surface area contributed by atoms with Crippen molar-refractivity contribution in [2.24, 2.45) is 0 Å². The highest BCUT2D eigenvalue weighted by molar-refractivity contribution is 7.25. The maximum atomic E-state index is 9.67. The van der Waals surface area contributed by atoms with E-state index >= 15 is 0 Å². The van der Waals surface area contributed by atoms with Gasteiger partial charge in [0, 0.05) is 63.9 Å². The Bertz CT molecular complexity index is 3290. The van der Waals surface area contributed by atoms with Gasteiger partial charge in [-0.3, -0.25) is 0 Å². The van der Waals surface area contributed by atoms with E-state index < -0.39 is 0 Å². The Morgan fingerprint density at radius 1 is 0.460 bits per heavy atom. The highest BCUT2D eigenvalue weighted by Crippen LogP contribution is 2.43. The summed E-state index contributed by atoms with van der Waals surface area (Å²) in [5.41, 5.74) is 9.25. The second-order valence-electron chi connectivity index (χ2n) is 12.8. The van der Waals surface area contributed by atoms with Crippen molar-refractivity contribution < 1.29 is 4.42 Å². The summed E-state index contributed by atoms with van der Waals surface area (Å²) in [7, 11) is 0. The molecular weight excluding hydrogens is 633 g/mol. The van der Waals surface area contributed by atoms with Crippen LogP contribution in [0.15, 0.2) is 138 Å². The maximum absolute atomic E-state index is 9.67. The molecule has 7 aromatic carbocycles. The third kappa shape index (κ3) is 3.58. The number of fused-ring (bicyclic) bond motifs is 13. The van der Waals surface area contributed by atoms with E-state index in [1.165, 1.54) is 25.6 Å². The molecule has 0 fully saturated rings. The van der Waals surface area contributed by atoms with Crippen molar-refractivity contribution in [2.45, 2.75) is 0 Å². The van der Waals surface area contributed by atoms with Crippen molar-refractivity contribution in [3.63, 3.8) is 0 Å². The number of hydrogen-bond donors (Lipinski definition) is 0. The second-order valence-corrected chi connectivity index (χ2v) is 13.9. The van der Waals surface area contributed by atoms with Crippen LogP contribution in [0, 0.1) is 22.7 Å². The first-order chi connectivity index (χ1) is 24.7. The van der Waals surface area contributed by atoms with Gasteiger partial charge >= 0.3 is 0 Å². The summed E-state index contributed by atoms with van der Waals surface area (Å²) in [6, 6.07) is 50.8. The van der Waals surface area contributed by atoms with Crippen molar-refractivity contribution in [3.05, 3.63) is 145 Å². The minimum Gasteiger partial charge on any atom is -0.454 e. The van der Waals surface area contributed by atoms with Crippen molar-refractivity contribution in [1.82, 2.24) is 9.13 Å². The van der Waals surface area contributed by atoms with E-state index in [0.29, 0.717) is 11.1 Å². The highest BCUT2D eigenvalue weighted by Gasteiger charge is 2.20. The number of thiophene rings is 1. The van der Waals surface area contributed by atoms with Crippen LogP contribution in [-0.2, 0) is 0 Å². The zero-order valence-corrected chi connectivity index (χ0v) is 27.1. The molecule has 0 aliphatic rings. The Balaban J connectivity index is 1.19. The van der Waals surface area contributed by atoms with Crippen LogP contribution < -0.4 is 0 Å². The van der Waals surface area contributed by atoms with Gasteiger partial charge in [-0.25, -0.2) is 0 Å². The summed E-state index contributed by atoms with van der Waals surface area (Å²) < 4.78 is 13.6.